The third kappa shape index (κ3) is 3.39. The molecule has 18 heavy (non-hydrogen) atoms. The van der Waals surface area contributed by atoms with Crippen LogP contribution in [0, 0.1) is 5.41 Å². The van der Waals surface area contributed by atoms with Crippen LogP contribution in [0.15, 0.2) is 18.2 Å². The van der Waals surface area contributed by atoms with Crippen molar-refractivity contribution in [2.24, 2.45) is 5.41 Å². The van der Waals surface area contributed by atoms with Crippen molar-refractivity contribution >= 4 is 17.3 Å². The molecule has 1 aromatic rings. The molecule has 100 valence electrons. The van der Waals surface area contributed by atoms with E-state index in [0.29, 0.717) is 23.1 Å². The first-order valence-electron chi connectivity index (χ1n) is 6.62. The highest BCUT2D eigenvalue weighted by Gasteiger charge is 2.27. The first-order valence-corrected chi connectivity index (χ1v) is 7.00. The molecule has 1 fully saturated rings. The molecule has 0 heterocycles. The van der Waals surface area contributed by atoms with Gasteiger partial charge in [-0.1, -0.05) is 31.5 Å². The Morgan fingerprint density at radius 2 is 2.00 bits per heavy atom. The Labute approximate surface area is 114 Å². The van der Waals surface area contributed by atoms with Gasteiger partial charge in [0, 0.05) is 16.3 Å². The lowest BCUT2D eigenvalue weighted by Crippen LogP contribution is -2.26. The van der Waals surface area contributed by atoms with E-state index in [1.165, 1.54) is 12.8 Å². The fraction of sp³-hybridized carbons (Fsp3) is 0.600. The van der Waals surface area contributed by atoms with Crippen molar-refractivity contribution in [3.8, 4) is 0 Å². The van der Waals surface area contributed by atoms with Gasteiger partial charge >= 0.3 is 0 Å². The summed E-state index contributed by atoms with van der Waals surface area (Å²) in [6, 6.07) is 5.60. The van der Waals surface area contributed by atoms with Crippen molar-refractivity contribution in [2.45, 2.75) is 52.2 Å². The lowest BCUT2D eigenvalue weighted by molar-refractivity contribution is -0.00533. The number of benzene rings is 1. The van der Waals surface area contributed by atoms with E-state index in [1.807, 2.05) is 18.2 Å². The third-order valence-corrected chi connectivity index (χ3v) is 4.26. The lowest BCUT2D eigenvalue weighted by atomic mass is 9.76. The minimum Gasteiger partial charge on any atom is -0.398 e. The van der Waals surface area contributed by atoms with Crippen LogP contribution in [0.2, 0.25) is 5.02 Å². The minimum absolute atomic E-state index is 0.355. The first kappa shape index (κ1) is 13.7. The van der Waals surface area contributed by atoms with E-state index in [-0.39, 0.29) is 0 Å². The number of nitrogen functional groups attached to an aromatic ring is 1. The van der Waals surface area contributed by atoms with Crippen LogP contribution in [0.25, 0.3) is 0 Å². The summed E-state index contributed by atoms with van der Waals surface area (Å²) in [5, 5.41) is 0.700. The Bertz CT molecular complexity index is 387. The normalized spacial score (nSPS) is 19.9. The van der Waals surface area contributed by atoms with E-state index in [9.17, 15) is 0 Å². The van der Waals surface area contributed by atoms with Crippen molar-refractivity contribution in [3.63, 3.8) is 0 Å². The van der Waals surface area contributed by atoms with Gasteiger partial charge in [0.1, 0.15) is 0 Å². The molecule has 3 heteroatoms. The fourth-order valence-electron chi connectivity index (χ4n) is 2.47. The number of rotatable bonds is 3. The number of hydrogen-bond donors (Lipinski definition) is 1. The molecule has 0 aromatic heterocycles. The fourth-order valence-corrected chi connectivity index (χ4v) is 2.70. The maximum absolute atomic E-state index is 6.13. The van der Waals surface area contributed by atoms with Gasteiger partial charge in [-0.05, 0) is 43.2 Å². The van der Waals surface area contributed by atoms with Crippen molar-refractivity contribution in [1.82, 2.24) is 0 Å². The quantitative estimate of drug-likeness (QED) is 0.824. The van der Waals surface area contributed by atoms with Gasteiger partial charge in [-0.25, -0.2) is 0 Å². The average molecular weight is 268 g/mol. The second-order valence-electron chi connectivity index (χ2n) is 5.98. The molecule has 0 spiro atoms. The van der Waals surface area contributed by atoms with Gasteiger partial charge in [0.25, 0.3) is 0 Å². The standard InChI is InChI=1S/C15H22ClNO/c1-15(2)8-6-11(7-9-15)18-10-12-13(16)4-3-5-14(12)17/h3-5,11H,6-10,17H2,1-2H3. The summed E-state index contributed by atoms with van der Waals surface area (Å²) in [7, 11) is 0. The summed E-state index contributed by atoms with van der Waals surface area (Å²) in [5.41, 5.74) is 8.03. The Morgan fingerprint density at radius 1 is 1.33 bits per heavy atom. The summed E-state index contributed by atoms with van der Waals surface area (Å²) >= 11 is 6.13. The Kier molecular flexibility index (Phi) is 4.18. The van der Waals surface area contributed by atoms with Crippen LogP contribution in [0.1, 0.15) is 45.1 Å². The van der Waals surface area contributed by atoms with Crippen molar-refractivity contribution in [1.29, 1.82) is 0 Å². The molecular formula is C15H22ClNO. The van der Waals surface area contributed by atoms with Gasteiger partial charge in [-0.3, -0.25) is 0 Å². The van der Waals surface area contributed by atoms with Crippen LogP contribution in [-0.4, -0.2) is 6.10 Å². The predicted octanol–water partition coefficient (Wildman–Crippen LogP) is 4.41. The molecule has 1 saturated carbocycles. The monoisotopic (exact) mass is 267 g/mol. The number of anilines is 1. The second kappa shape index (κ2) is 5.50. The Balaban J connectivity index is 1.89. The van der Waals surface area contributed by atoms with E-state index in [0.717, 1.165) is 24.1 Å². The van der Waals surface area contributed by atoms with Crippen LogP contribution in [0.3, 0.4) is 0 Å². The molecule has 2 nitrogen and oxygen atoms in total. The van der Waals surface area contributed by atoms with Crippen molar-refractivity contribution < 1.29 is 4.74 Å². The Hall–Kier alpha value is -0.730. The summed E-state index contributed by atoms with van der Waals surface area (Å²) < 4.78 is 5.96. The highest BCUT2D eigenvalue weighted by Crippen LogP contribution is 2.36. The van der Waals surface area contributed by atoms with Crippen LogP contribution in [-0.2, 0) is 11.3 Å². The summed E-state index contributed by atoms with van der Waals surface area (Å²) in [5.74, 6) is 0. The van der Waals surface area contributed by atoms with Gasteiger partial charge in [0.15, 0.2) is 0 Å². The molecule has 0 bridgehead atoms. The number of halogens is 1. The van der Waals surface area contributed by atoms with Crippen LogP contribution in [0.4, 0.5) is 5.69 Å². The summed E-state index contributed by atoms with van der Waals surface area (Å²) in [4.78, 5) is 0. The molecule has 2 N–H and O–H groups in total. The zero-order chi connectivity index (χ0) is 13.2. The smallest absolute Gasteiger partial charge is 0.0755 e. The molecule has 1 aromatic carbocycles. The molecule has 0 amide bonds. The summed E-state index contributed by atoms with van der Waals surface area (Å²) in [6.07, 6.45) is 5.09. The SMILES string of the molecule is CC1(C)CCC(OCc2c(N)cccc2Cl)CC1. The van der Waals surface area contributed by atoms with Gasteiger partial charge in [0.2, 0.25) is 0 Å². The van der Waals surface area contributed by atoms with Crippen LogP contribution < -0.4 is 5.73 Å². The molecule has 0 radical (unpaired) electrons. The maximum Gasteiger partial charge on any atom is 0.0755 e. The summed E-state index contributed by atoms with van der Waals surface area (Å²) in [6.45, 7) is 5.18. The maximum atomic E-state index is 6.13. The van der Waals surface area contributed by atoms with Gasteiger partial charge in [-0.2, -0.15) is 0 Å². The molecule has 2 rings (SSSR count). The molecular weight excluding hydrogens is 246 g/mol. The topological polar surface area (TPSA) is 35.2 Å². The third-order valence-electron chi connectivity index (χ3n) is 3.90. The molecule has 1 aliphatic carbocycles. The second-order valence-corrected chi connectivity index (χ2v) is 6.39. The number of ether oxygens (including phenoxy) is 1. The average Bonchev–Trinajstić information content (AvgIpc) is 2.30. The van der Waals surface area contributed by atoms with Crippen LogP contribution in [0.5, 0.6) is 0 Å². The number of nitrogens with two attached hydrogens (primary N) is 1. The lowest BCUT2D eigenvalue weighted by Gasteiger charge is -2.34. The zero-order valence-corrected chi connectivity index (χ0v) is 12.0. The van der Waals surface area contributed by atoms with E-state index < -0.39 is 0 Å². The largest absolute Gasteiger partial charge is 0.398 e. The van der Waals surface area contributed by atoms with Crippen LogP contribution >= 0.6 is 11.6 Å². The first-order chi connectivity index (χ1) is 8.48. The van der Waals surface area contributed by atoms with Gasteiger partial charge in [0.05, 0.1) is 12.7 Å². The molecule has 0 saturated heterocycles. The highest BCUT2D eigenvalue weighted by molar-refractivity contribution is 6.31. The van der Waals surface area contributed by atoms with Crippen molar-refractivity contribution in [2.75, 3.05) is 5.73 Å². The molecule has 0 aliphatic heterocycles. The Morgan fingerprint density at radius 3 is 2.61 bits per heavy atom. The van der Waals surface area contributed by atoms with E-state index in [4.69, 9.17) is 22.1 Å². The number of hydrogen-bond acceptors (Lipinski definition) is 2. The molecule has 1 aliphatic rings. The van der Waals surface area contributed by atoms with E-state index >= 15 is 0 Å². The van der Waals surface area contributed by atoms with Gasteiger partial charge in [-0.15, -0.1) is 0 Å². The zero-order valence-electron chi connectivity index (χ0n) is 11.2. The minimum atomic E-state index is 0.355. The highest BCUT2D eigenvalue weighted by atomic mass is 35.5. The predicted molar refractivity (Wildman–Crippen MR) is 76.7 cm³/mol. The molecule has 0 atom stereocenters. The van der Waals surface area contributed by atoms with E-state index in [1.54, 1.807) is 0 Å². The molecule has 0 unspecified atom stereocenters. The van der Waals surface area contributed by atoms with Crippen molar-refractivity contribution in [3.05, 3.63) is 28.8 Å². The van der Waals surface area contributed by atoms with E-state index in [2.05, 4.69) is 13.8 Å². The van der Waals surface area contributed by atoms with Gasteiger partial charge < -0.3 is 10.5 Å².